The van der Waals surface area contributed by atoms with Crippen molar-refractivity contribution in [2.75, 3.05) is 0 Å². The van der Waals surface area contributed by atoms with E-state index in [9.17, 15) is 0 Å². The van der Waals surface area contributed by atoms with Crippen molar-refractivity contribution in [2.45, 2.75) is 0 Å². The first-order valence-electron chi connectivity index (χ1n) is 1.57. The third-order valence-electron chi connectivity index (χ3n) is 0. The summed E-state index contributed by atoms with van der Waals surface area (Å²) in [6.07, 6.45) is 0.500. The van der Waals surface area contributed by atoms with Gasteiger partial charge in [0.2, 0.25) is 0 Å². The van der Waals surface area contributed by atoms with Gasteiger partial charge in [-0.15, -0.1) is 5.34 Å². The van der Waals surface area contributed by atoms with Gasteiger partial charge in [-0.3, -0.25) is 0 Å². The second kappa shape index (κ2) is 41.6. The number of amides is 2. The predicted molar refractivity (Wildman–Crippen MR) is 28.5 cm³/mol. The van der Waals surface area contributed by atoms with Crippen LogP contribution >= 0.6 is 0 Å². The molecule has 0 unspecified atom stereocenters. The maximum Gasteiger partial charge on any atom is 1.00 e. The van der Waals surface area contributed by atoms with Gasteiger partial charge < -0.3 is 26.7 Å². The van der Waals surface area contributed by atoms with Gasteiger partial charge in [-0.2, -0.15) is 0 Å². The number of primary amides is 2. The fourth-order valence-corrected chi connectivity index (χ4v) is 0. The molecule has 0 saturated heterocycles. The summed E-state index contributed by atoms with van der Waals surface area (Å²) in [5.41, 5.74) is 8.50. The first-order valence-corrected chi connectivity index (χ1v) is 1.57. The van der Waals surface area contributed by atoms with Crippen LogP contribution in [0.25, 0.3) is 0 Å². The van der Waals surface area contributed by atoms with Crippen molar-refractivity contribution in [1.29, 1.82) is 5.26 Å². The zero-order chi connectivity index (χ0) is 8.99. The van der Waals surface area contributed by atoms with Crippen LogP contribution in [0, 0.1) is 21.6 Å². The molecule has 0 radical (unpaired) electrons. The molecule has 2 amide bonds. The summed E-state index contributed by atoms with van der Waals surface area (Å²) in [7, 11) is 0. The van der Waals surface area contributed by atoms with E-state index in [-0.39, 0.29) is 80.9 Å². The van der Waals surface area contributed by atoms with Crippen LogP contribution in [0.4, 0.5) is 4.79 Å². The number of urea groups is 1. The van der Waals surface area contributed by atoms with Crippen LogP contribution in [0.15, 0.2) is 5.34 Å². The zero-order valence-corrected chi connectivity index (χ0v) is 11.8. The van der Waals surface area contributed by atoms with Gasteiger partial charge in [0.1, 0.15) is 0 Å². The van der Waals surface area contributed by atoms with E-state index in [1.54, 1.807) is 0 Å². The summed E-state index contributed by atoms with van der Waals surface area (Å²) in [5, 5.41) is 24.0. The van der Waals surface area contributed by atoms with Gasteiger partial charge in [0.15, 0.2) is 0 Å². The van der Waals surface area contributed by atoms with Crippen LogP contribution in [0.2, 0.25) is 0 Å². The number of hydrogen-bond acceptors (Lipinski definition) is 6. The van der Waals surface area contributed by atoms with Crippen molar-refractivity contribution in [1.82, 2.24) is 0 Å². The summed E-state index contributed by atoms with van der Waals surface area (Å²) in [5.74, 6) is 0. The molecule has 0 spiro atoms. The molecule has 4 N–H and O–H groups in total. The predicted octanol–water partition coefficient (Wildman–Crippen LogP) is -7.89. The zero-order valence-electron chi connectivity index (χ0n) is 6.68. The fraction of sp³-hybridized carbons (Fsp3) is 0. The third-order valence-corrected chi connectivity index (χ3v) is 0. The monoisotopic (exact) mass is 210 g/mol. The molecule has 0 bridgehead atoms. The number of carbonyl (C=O) groups is 1. The molecule has 10 heteroatoms. The Bertz CT molecular complexity index is 123. The largest absolute Gasteiger partial charge is 1.00 e. The van der Waals surface area contributed by atoms with Crippen LogP contribution in [0.1, 0.15) is 0 Å². The van der Waals surface area contributed by atoms with Crippen molar-refractivity contribution in [3.63, 3.8) is 0 Å². The van der Waals surface area contributed by atoms with Gasteiger partial charge in [0.05, 0.1) is 0 Å². The van der Waals surface area contributed by atoms with E-state index in [0.717, 1.165) is 5.34 Å². The number of carbonyl (C=O) groups excluding carboxylic acids is 1. The van der Waals surface area contributed by atoms with Gasteiger partial charge >= 0.3 is 87.0 Å². The van der Waals surface area contributed by atoms with Gasteiger partial charge in [-0.05, 0) is 0 Å². The fourth-order valence-electron chi connectivity index (χ4n) is 0. The van der Waals surface area contributed by atoms with Crippen molar-refractivity contribution >= 4 is 6.03 Å². The normalized spacial score (nSPS) is 3.58. The standard InChI is InChI=1S/CH4N2O.CHNO.K.HNO2.Na/c2-1(3)4;2-1-3;;2-1-3;/h(H4,2,3,4);3H;;(H,2,3);/q;;+1;;+1/p-2. The molecule has 0 fully saturated rings. The van der Waals surface area contributed by atoms with Crippen LogP contribution < -0.4 is 97.5 Å². The van der Waals surface area contributed by atoms with E-state index in [2.05, 4.69) is 11.5 Å². The van der Waals surface area contributed by atoms with Gasteiger partial charge in [0.25, 0.3) is 0 Å². The van der Waals surface area contributed by atoms with Crippen LogP contribution in [-0.4, -0.2) is 6.03 Å². The number of nitriles is 1. The van der Waals surface area contributed by atoms with Crippen LogP contribution in [0.5, 0.6) is 0 Å². The van der Waals surface area contributed by atoms with E-state index >= 15 is 0 Å². The molecule has 12 heavy (non-hydrogen) atoms. The molecule has 0 atom stereocenters. The van der Waals surface area contributed by atoms with Gasteiger partial charge in [-0.25, -0.2) is 10.1 Å². The first kappa shape index (κ1) is 29.4. The summed E-state index contributed by atoms with van der Waals surface area (Å²) in [6, 6.07) is -0.833. The average Bonchev–Trinajstić information content (AvgIpc) is 1.65. The molecule has 0 aromatic carbocycles. The minimum Gasteiger partial charge on any atom is -0.812 e. The van der Waals surface area contributed by atoms with E-state index in [0.29, 0.717) is 6.26 Å². The molecule has 8 nitrogen and oxygen atoms in total. The van der Waals surface area contributed by atoms with Crippen molar-refractivity contribution in [3.8, 4) is 6.26 Å². The van der Waals surface area contributed by atoms with Crippen LogP contribution in [-0.2, 0) is 0 Å². The topological polar surface area (TPSA) is 168 Å². The second-order valence-electron chi connectivity index (χ2n) is 0.568. The molecule has 58 valence electrons. The molecular formula is C2H4KN4NaO4. The molecule has 0 aliphatic heterocycles. The van der Waals surface area contributed by atoms with Crippen LogP contribution in [0.3, 0.4) is 0 Å². The van der Waals surface area contributed by atoms with Crippen molar-refractivity contribution < 1.29 is 90.8 Å². The molecule has 0 aliphatic rings. The molecule has 0 rings (SSSR count). The summed E-state index contributed by atoms with van der Waals surface area (Å²) in [4.78, 5) is 17.0. The average molecular weight is 210 g/mol. The van der Waals surface area contributed by atoms with Crippen molar-refractivity contribution in [2.24, 2.45) is 16.8 Å². The number of hydrogen-bond donors (Lipinski definition) is 2. The minimum atomic E-state index is -0.833. The maximum absolute atomic E-state index is 9.00. The van der Waals surface area contributed by atoms with E-state index in [1.807, 2.05) is 0 Å². The molecule has 0 aromatic heterocycles. The quantitative estimate of drug-likeness (QED) is 0.175. The van der Waals surface area contributed by atoms with Crippen molar-refractivity contribution in [3.05, 3.63) is 10.1 Å². The third kappa shape index (κ3) is 2740. The summed E-state index contributed by atoms with van der Waals surface area (Å²) < 4.78 is 0. The Labute approximate surface area is 133 Å². The van der Waals surface area contributed by atoms with E-state index < -0.39 is 6.03 Å². The Morgan fingerprint density at radius 2 is 1.50 bits per heavy atom. The number of nitrogens with zero attached hydrogens (tertiary/aromatic N) is 2. The number of nitrogens with two attached hydrogens (primary N) is 2. The molecule has 0 saturated carbocycles. The summed E-state index contributed by atoms with van der Waals surface area (Å²) >= 11 is 0. The first-order chi connectivity index (χ1) is 4.56. The van der Waals surface area contributed by atoms with Gasteiger partial charge in [0, 0.05) is 6.26 Å². The minimum absolute atomic E-state index is 0. The Kier molecular flexibility index (Phi) is 102. The smallest absolute Gasteiger partial charge is 0.812 e. The van der Waals surface area contributed by atoms with E-state index in [1.165, 1.54) is 0 Å². The Morgan fingerprint density at radius 1 is 1.50 bits per heavy atom. The summed E-state index contributed by atoms with van der Waals surface area (Å²) in [6.45, 7) is 0. The van der Waals surface area contributed by atoms with Gasteiger partial charge in [-0.1, -0.05) is 0 Å². The molecule has 0 aliphatic carbocycles. The molecule has 0 aromatic rings. The maximum atomic E-state index is 9.00. The Balaban J connectivity index is -0.0000000191. The Morgan fingerprint density at radius 3 is 1.50 bits per heavy atom. The SMILES string of the molecule is N#C[O-].NC(N)=O.O=N[O-].[K+].[Na+]. The number of rotatable bonds is 0. The Hall–Kier alpha value is 0.596. The molecular weight excluding hydrogens is 206 g/mol. The molecule has 0 heterocycles. The second-order valence-corrected chi connectivity index (χ2v) is 0.568. The van der Waals surface area contributed by atoms with E-state index in [4.69, 9.17) is 25.3 Å².